The van der Waals surface area contributed by atoms with Crippen LogP contribution < -0.4 is 5.32 Å². The molecule has 0 amide bonds. The average Bonchev–Trinajstić information content (AvgIpc) is 3.51. The summed E-state index contributed by atoms with van der Waals surface area (Å²) in [5.41, 5.74) is 6.22. The Bertz CT molecular complexity index is 1340. The Morgan fingerprint density at radius 3 is 2.76 bits per heavy atom. The van der Waals surface area contributed by atoms with Crippen LogP contribution in [-0.2, 0) is 0 Å². The summed E-state index contributed by atoms with van der Waals surface area (Å²) in [7, 11) is 0. The largest absolute Gasteiger partial charge is 0.361 e. The second-order valence-electron chi connectivity index (χ2n) is 9.52. The first-order chi connectivity index (χ1) is 16.5. The molecule has 2 fully saturated rings. The second kappa shape index (κ2) is 8.16. The molecule has 0 aromatic carbocycles. The zero-order valence-corrected chi connectivity index (χ0v) is 19.6. The Morgan fingerprint density at radius 2 is 2.00 bits per heavy atom. The molecule has 1 aliphatic heterocycles. The van der Waals surface area contributed by atoms with Crippen molar-refractivity contribution in [1.29, 1.82) is 0 Å². The fourth-order valence-electron chi connectivity index (χ4n) is 5.41. The maximum Gasteiger partial charge on any atom is 0.223 e. The van der Waals surface area contributed by atoms with Crippen LogP contribution in [0.3, 0.4) is 0 Å². The van der Waals surface area contributed by atoms with Crippen LogP contribution >= 0.6 is 0 Å². The molecule has 1 aliphatic carbocycles. The molecule has 9 heteroatoms. The Hall–Kier alpha value is -3.33. The van der Waals surface area contributed by atoms with Crippen molar-refractivity contribution < 1.29 is 8.91 Å². The van der Waals surface area contributed by atoms with Crippen LogP contribution in [0.25, 0.3) is 33.5 Å². The molecular formula is C25H28FN7O. The van der Waals surface area contributed by atoms with E-state index in [1.807, 2.05) is 39.2 Å². The lowest BCUT2D eigenvalue weighted by molar-refractivity contribution is 0.0265. The van der Waals surface area contributed by atoms with Gasteiger partial charge in [-0.25, -0.2) is 19.3 Å². The van der Waals surface area contributed by atoms with E-state index in [2.05, 4.69) is 31.4 Å². The number of nitrogens with one attached hydrogen (secondary N) is 2. The fraction of sp³-hybridized carbons (Fsp3) is 0.440. The highest BCUT2D eigenvalue weighted by molar-refractivity contribution is 5.94. The zero-order chi connectivity index (χ0) is 23.4. The number of pyridine rings is 1. The first kappa shape index (κ1) is 21.2. The van der Waals surface area contributed by atoms with Crippen LogP contribution in [0.15, 0.2) is 29.0 Å². The highest BCUT2D eigenvalue weighted by Crippen LogP contribution is 2.34. The molecular weight excluding hydrogens is 433 g/mol. The molecule has 2 N–H and O–H groups in total. The quantitative estimate of drug-likeness (QED) is 0.449. The van der Waals surface area contributed by atoms with Gasteiger partial charge in [-0.3, -0.25) is 4.90 Å². The van der Waals surface area contributed by atoms with Crippen molar-refractivity contribution >= 4 is 17.0 Å². The average molecular weight is 462 g/mol. The normalized spacial score (nSPS) is 21.3. The number of halogens is 1. The van der Waals surface area contributed by atoms with E-state index < -0.39 is 6.17 Å². The number of aromatic nitrogens is 5. The number of nitrogens with zero attached hydrogens (tertiary/aromatic N) is 5. The highest BCUT2D eigenvalue weighted by atomic mass is 19.1. The van der Waals surface area contributed by atoms with Gasteiger partial charge in [0.1, 0.15) is 17.6 Å². The van der Waals surface area contributed by atoms with Gasteiger partial charge in [0.25, 0.3) is 0 Å². The van der Waals surface area contributed by atoms with Crippen LogP contribution in [0.4, 0.5) is 10.3 Å². The van der Waals surface area contributed by atoms with Gasteiger partial charge >= 0.3 is 0 Å². The van der Waals surface area contributed by atoms with E-state index >= 15 is 0 Å². The number of rotatable bonds is 5. The summed E-state index contributed by atoms with van der Waals surface area (Å²) in [4.78, 5) is 19.8. The van der Waals surface area contributed by atoms with Crippen LogP contribution in [0.2, 0.25) is 0 Å². The van der Waals surface area contributed by atoms with Gasteiger partial charge in [-0.05, 0) is 57.7 Å². The molecule has 2 atom stereocenters. The van der Waals surface area contributed by atoms with Gasteiger partial charge in [-0.2, -0.15) is 0 Å². The topological polar surface area (TPSA) is 95.8 Å². The molecule has 0 bridgehead atoms. The standard InChI is InChI=1S/C25H28FN7O/c1-13-9-28-25(30-19-5-4-6-21(19)33-11-16(26)12-33)31-23(13)18-10-27-24-17(18)7-8-20(29-24)22-14(2)32-34-15(22)3/h7-10,16,19,21H,4-6,11-12H2,1-3H3,(H,27,29)(H,28,30,31)/t19-,21-/m0/s1. The Balaban J connectivity index is 1.30. The predicted octanol–water partition coefficient (Wildman–Crippen LogP) is 4.59. The van der Waals surface area contributed by atoms with Gasteiger partial charge in [-0.1, -0.05) is 5.16 Å². The summed E-state index contributed by atoms with van der Waals surface area (Å²) < 4.78 is 18.7. The first-order valence-corrected chi connectivity index (χ1v) is 11.9. The number of anilines is 1. The molecule has 2 aliphatic rings. The van der Waals surface area contributed by atoms with E-state index in [9.17, 15) is 4.39 Å². The summed E-state index contributed by atoms with van der Waals surface area (Å²) in [5, 5.41) is 8.59. The van der Waals surface area contributed by atoms with E-state index in [1.165, 1.54) is 0 Å². The minimum absolute atomic E-state index is 0.241. The smallest absolute Gasteiger partial charge is 0.223 e. The molecule has 34 heavy (non-hydrogen) atoms. The molecule has 4 aromatic heterocycles. The van der Waals surface area contributed by atoms with E-state index in [0.717, 1.165) is 69.8 Å². The highest BCUT2D eigenvalue weighted by Gasteiger charge is 2.39. The summed E-state index contributed by atoms with van der Waals surface area (Å²) in [6, 6.07) is 4.65. The number of aromatic amines is 1. The van der Waals surface area contributed by atoms with E-state index in [1.54, 1.807) is 0 Å². The van der Waals surface area contributed by atoms with Gasteiger partial charge in [0.05, 0.1) is 22.6 Å². The minimum Gasteiger partial charge on any atom is -0.361 e. The van der Waals surface area contributed by atoms with Crippen molar-refractivity contribution in [3.05, 3.63) is 41.5 Å². The zero-order valence-electron chi connectivity index (χ0n) is 19.6. The molecule has 0 spiro atoms. The molecule has 0 unspecified atom stereocenters. The van der Waals surface area contributed by atoms with E-state index in [0.29, 0.717) is 25.1 Å². The minimum atomic E-state index is -0.683. The lowest BCUT2D eigenvalue weighted by Crippen LogP contribution is -2.56. The number of alkyl halides is 1. The monoisotopic (exact) mass is 461 g/mol. The number of hydrogen-bond donors (Lipinski definition) is 2. The third-order valence-corrected chi connectivity index (χ3v) is 7.18. The number of H-pyrrole nitrogens is 1. The summed E-state index contributed by atoms with van der Waals surface area (Å²) in [6.07, 6.45) is 6.40. The van der Waals surface area contributed by atoms with Gasteiger partial charge in [0, 0.05) is 48.5 Å². The van der Waals surface area contributed by atoms with Crippen LogP contribution in [0.1, 0.15) is 36.3 Å². The van der Waals surface area contributed by atoms with Gasteiger partial charge < -0.3 is 14.8 Å². The summed E-state index contributed by atoms with van der Waals surface area (Å²) in [6.45, 7) is 6.92. The predicted molar refractivity (Wildman–Crippen MR) is 128 cm³/mol. The third-order valence-electron chi connectivity index (χ3n) is 7.18. The fourth-order valence-corrected chi connectivity index (χ4v) is 5.41. The number of likely N-dealkylation sites (tertiary alicyclic amines) is 1. The second-order valence-corrected chi connectivity index (χ2v) is 9.52. The molecule has 6 rings (SSSR count). The van der Waals surface area contributed by atoms with Crippen LogP contribution in [0.5, 0.6) is 0 Å². The Labute approximate surface area is 197 Å². The van der Waals surface area contributed by atoms with Crippen molar-refractivity contribution in [3.63, 3.8) is 0 Å². The van der Waals surface area contributed by atoms with Crippen molar-refractivity contribution in [2.45, 2.75) is 58.3 Å². The molecule has 1 saturated heterocycles. The Kier molecular flexibility index (Phi) is 5.09. The number of hydrogen-bond acceptors (Lipinski definition) is 7. The lowest BCUT2D eigenvalue weighted by atomic mass is 10.0. The molecule has 1 saturated carbocycles. The van der Waals surface area contributed by atoms with E-state index in [-0.39, 0.29) is 6.04 Å². The van der Waals surface area contributed by atoms with Crippen LogP contribution in [-0.4, -0.2) is 61.3 Å². The van der Waals surface area contributed by atoms with Crippen molar-refractivity contribution in [2.24, 2.45) is 0 Å². The maximum atomic E-state index is 13.4. The lowest BCUT2D eigenvalue weighted by Gasteiger charge is -2.41. The van der Waals surface area contributed by atoms with Crippen LogP contribution in [0, 0.1) is 20.8 Å². The van der Waals surface area contributed by atoms with Gasteiger partial charge in [-0.15, -0.1) is 0 Å². The van der Waals surface area contributed by atoms with Crippen molar-refractivity contribution in [3.8, 4) is 22.5 Å². The van der Waals surface area contributed by atoms with Crippen molar-refractivity contribution in [1.82, 2.24) is 30.0 Å². The summed E-state index contributed by atoms with van der Waals surface area (Å²) in [5.74, 6) is 1.37. The summed E-state index contributed by atoms with van der Waals surface area (Å²) >= 11 is 0. The van der Waals surface area contributed by atoms with Crippen molar-refractivity contribution in [2.75, 3.05) is 18.4 Å². The molecule has 4 aromatic rings. The molecule has 8 nitrogen and oxygen atoms in total. The first-order valence-electron chi connectivity index (χ1n) is 11.9. The SMILES string of the molecule is Cc1cnc(N[C@H]2CCC[C@@H]2N2CC(F)C2)nc1-c1c[nH]c2nc(-c3c(C)noc3C)ccc12. The molecule has 5 heterocycles. The third kappa shape index (κ3) is 3.55. The van der Waals surface area contributed by atoms with Gasteiger partial charge in [0.2, 0.25) is 5.95 Å². The van der Waals surface area contributed by atoms with Gasteiger partial charge in [0.15, 0.2) is 0 Å². The maximum absolute atomic E-state index is 13.4. The van der Waals surface area contributed by atoms with E-state index in [4.69, 9.17) is 14.5 Å². The number of fused-ring (bicyclic) bond motifs is 1. The molecule has 0 radical (unpaired) electrons. The number of aryl methyl sites for hydroxylation is 3. The molecule has 176 valence electrons. The Morgan fingerprint density at radius 1 is 1.15 bits per heavy atom.